The Kier molecular flexibility index (Phi) is 6.87. The molecule has 5 aromatic rings. The quantitative estimate of drug-likeness (QED) is 0.319. The molecule has 6 rings (SSSR count). The maximum atomic E-state index is 12.4. The summed E-state index contributed by atoms with van der Waals surface area (Å²) in [5.41, 5.74) is 6.78. The summed E-state index contributed by atoms with van der Waals surface area (Å²) < 4.78 is 0. The van der Waals surface area contributed by atoms with Gasteiger partial charge >= 0.3 is 0 Å². The average molecular weight is 515 g/mol. The first kappa shape index (κ1) is 24.6. The Morgan fingerprint density at radius 1 is 0.897 bits per heavy atom. The molecular weight excluding hydrogens is 484 g/mol. The van der Waals surface area contributed by atoms with Crippen LogP contribution in [-0.4, -0.2) is 46.5 Å². The zero-order chi connectivity index (χ0) is 26.6. The molecule has 7 heteroatoms. The number of rotatable bonds is 6. The van der Waals surface area contributed by atoms with Crippen LogP contribution in [0.5, 0.6) is 0 Å². The molecule has 0 radical (unpaired) electrons. The number of fused-ring (bicyclic) bond motifs is 1. The van der Waals surface area contributed by atoms with Gasteiger partial charge in [-0.15, -0.1) is 0 Å². The van der Waals surface area contributed by atoms with E-state index < -0.39 is 0 Å². The van der Waals surface area contributed by atoms with Crippen molar-refractivity contribution in [2.45, 2.75) is 19.4 Å². The van der Waals surface area contributed by atoms with Crippen LogP contribution in [0.2, 0.25) is 0 Å². The highest BCUT2D eigenvalue weighted by molar-refractivity contribution is 5.92. The Balaban J connectivity index is 1.15. The number of anilines is 3. The fourth-order valence-electron chi connectivity index (χ4n) is 5.13. The van der Waals surface area contributed by atoms with Gasteiger partial charge in [0.15, 0.2) is 0 Å². The Morgan fingerprint density at radius 2 is 1.72 bits per heavy atom. The van der Waals surface area contributed by atoms with Crippen LogP contribution in [0.4, 0.5) is 17.2 Å². The van der Waals surface area contributed by atoms with Gasteiger partial charge in [-0.25, -0.2) is 4.98 Å². The van der Waals surface area contributed by atoms with Gasteiger partial charge in [-0.3, -0.25) is 14.8 Å². The molecule has 1 saturated heterocycles. The Morgan fingerprint density at radius 3 is 2.49 bits per heavy atom. The fourth-order valence-corrected chi connectivity index (χ4v) is 5.13. The highest BCUT2D eigenvalue weighted by Gasteiger charge is 2.25. The van der Waals surface area contributed by atoms with Gasteiger partial charge in [-0.1, -0.05) is 48.5 Å². The van der Waals surface area contributed by atoms with Crippen molar-refractivity contribution in [1.29, 1.82) is 0 Å². The molecule has 1 aliphatic heterocycles. The lowest BCUT2D eigenvalue weighted by Gasteiger charge is -2.41. The van der Waals surface area contributed by atoms with E-state index >= 15 is 0 Å². The van der Waals surface area contributed by atoms with Crippen molar-refractivity contribution < 1.29 is 4.79 Å². The van der Waals surface area contributed by atoms with Gasteiger partial charge in [0.25, 0.3) is 0 Å². The number of benzene rings is 3. The molecule has 0 aliphatic carbocycles. The predicted octanol–water partition coefficient (Wildman–Crippen LogP) is 5.59. The molecule has 3 heterocycles. The third-order valence-electron chi connectivity index (χ3n) is 7.17. The van der Waals surface area contributed by atoms with Crippen LogP contribution in [-0.2, 0) is 11.2 Å². The van der Waals surface area contributed by atoms with Crippen LogP contribution in [0.15, 0.2) is 104 Å². The normalized spacial score (nSPS) is 15.4. The van der Waals surface area contributed by atoms with Gasteiger partial charge in [-0.2, -0.15) is 0 Å². The number of nitrogens with zero attached hydrogens (tertiary/aromatic N) is 5. The third kappa shape index (κ3) is 5.57. The number of pyridine rings is 1. The summed E-state index contributed by atoms with van der Waals surface area (Å²) in [6, 6.07) is 28.2. The fraction of sp³-hybridized carbons (Fsp3) is 0.188. The van der Waals surface area contributed by atoms with Crippen LogP contribution in [0.1, 0.15) is 12.5 Å². The second-order valence-electron chi connectivity index (χ2n) is 9.92. The minimum atomic E-state index is -0.0297. The first-order valence-electron chi connectivity index (χ1n) is 13.2. The van der Waals surface area contributed by atoms with E-state index in [0.29, 0.717) is 12.5 Å². The summed E-state index contributed by atoms with van der Waals surface area (Å²) in [6.07, 6.45) is 5.96. The van der Waals surface area contributed by atoms with Gasteiger partial charge in [0.1, 0.15) is 5.82 Å². The molecule has 0 spiro atoms. The van der Waals surface area contributed by atoms with Crippen molar-refractivity contribution in [3.8, 4) is 11.1 Å². The molecule has 0 saturated carbocycles. The number of amides is 1. The number of carbonyl (C=O) groups is 1. The summed E-state index contributed by atoms with van der Waals surface area (Å²) in [5.74, 6) is 0.868. The molecule has 7 nitrogen and oxygen atoms in total. The van der Waals surface area contributed by atoms with Crippen LogP contribution >= 0.6 is 0 Å². The van der Waals surface area contributed by atoms with Gasteiger partial charge in [0, 0.05) is 37.6 Å². The highest BCUT2D eigenvalue weighted by Crippen LogP contribution is 2.27. The lowest BCUT2D eigenvalue weighted by atomic mass is 10.0. The minimum Gasteiger partial charge on any atom is -0.366 e. The van der Waals surface area contributed by atoms with Crippen LogP contribution in [0.25, 0.3) is 22.2 Å². The number of nitrogens with one attached hydrogen (secondary N) is 1. The van der Waals surface area contributed by atoms with Crippen molar-refractivity contribution in [3.05, 3.63) is 109 Å². The van der Waals surface area contributed by atoms with Crippen LogP contribution < -0.4 is 15.1 Å². The van der Waals surface area contributed by atoms with Gasteiger partial charge in [0.2, 0.25) is 5.91 Å². The van der Waals surface area contributed by atoms with Crippen LogP contribution in [0, 0.1) is 0 Å². The Bertz CT molecular complexity index is 1570. The van der Waals surface area contributed by atoms with Crippen molar-refractivity contribution in [2.75, 3.05) is 34.8 Å². The molecule has 1 amide bonds. The molecule has 194 valence electrons. The molecule has 0 bridgehead atoms. The number of piperazine rings is 1. The number of hydrogen-bond donors (Lipinski definition) is 1. The lowest BCUT2D eigenvalue weighted by Crippen LogP contribution is -2.52. The molecule has 39 heavy (non-hydrogen) atoms. The third-order valence-corrected chi connectivity index (χ3v) is 7.17. The zero-order valence-corrected chi connectivity index (χ0v) is 21.9. The van der Waals surface area contributed by atoms with E-state index in [4.69, 9.17) is 9.97 Å². The molecule has 1 atom stereocenters. The van der Waals surface area contributed by atoms with Crippen LogP contribution in [0.3, 0.4) is 0 Å². The first-order valence-corrected chi connectivity index (χ1v) is 13.2. The van der Waals surface area contributed by atoms with E-state index in [0.717, 1.165) is 64.6 Å². The maximum Gasteiger partial charge on any atom is 0.228 e. The zero-order valence-electron chi connectivity index (χ0n) is 21.9. The van der Waals surface area contributed by atoms with E-state index in [-0.39, 0.29) is 5.91 Å². The standard InChI is InChI=1S/C32H30N6O/c1-23-22-37(28-8-5-15-33-20-28)16-17-38(23)31-21-34-29-14-11-26(19-30(29)36-31)25-9-12-27(13-10-25)35-32(39)18-24-6-3-2-4-7-24/h2-15,19-21,23H,16-18,22H2,1H3,(H,35,39). The second-order valence-corrected chi connectivity index (χ2v) is 9.92. The SMILES string of the molecule is CC1CN(c2cccnc2)CCN1c1cnc2ccc(-c3ccc(NC(=O)Cc4ccccc4)cc3)cc2n1. The summed E-state index contributed by atoms with van der Waals surface area (Å²) in [7, 11) is 0. The second kappa shape index (κ2) is 10.9. The predicted molar refractivity (Wildman–Crippen MR) is 157 cm³/mol. The van der Waals surface area contributed by atoms with Crippen molar-refractivity contribution in [1.82, 2.24) is 15.0 Å². The largest absolute Gasteiger partial charge is 0.366 e. The van der Waals surface area contributed by atoms with Gasteiger partial charge in [-0.05, 0) is 60.0 Å². The van der Waals surface area contributed by atoms with E-state index in [1.807, 2.05) is 85.3 Å². The topological polar surface area (TPSA) is 74.2 Å². The molecular formula is C32H30N6O. The van der Waals surface area contributed by atoms with Crippen molar-refractivity contribution in [2.24, 2.45) is 0 Å². The Labute approximate surface area is 228 Å². The molecule has 1 unspecified atom stereocenters. The van der Waals surface area contributed by atoms with Crippen molar-refractivity contribution >= 4 is 34.1 Å². The maximum absolute atomic E-state index is 12.4. The first-order chi connectivity index (χ1) is 19.1. The van der Waals surface area contributed by atoms with E-state index in [9.17, 15) is 4.79 Å². The number of hydrogen-bond acceptors (Lipinski definition) is 6. The summed E-state index contributed by atoms with van der Waals surface area (Å²) in [4.78, 5) is 31.1. The molecule has 2 aromatic heterocycles. The summed E-state index contributed by atoms with van der Waals surface area (Å²) >= 11 is 0. The smallest absolute Gasteiger partial charge is 0.228 e. The monoisotopic (exact) mass is 514 g/mol. The lowest BCUT2D eigenvalue weighted by molar-refractivity contribution is -0.115. The molecule has 1 aliphatic rings. The highest BCUT2D eigenvalue weighted by atomic mass is 16.1. The molecule has 1 fully saturated rings. The van der Waals surface area contributed by atoms with E-state index in [2.05, 4.69) is 45.2 Å². The van der Waals surface area contributed by atoms with E-state index in [1.54, 1.807) is 0 Å². The van der Waals surface area contributed by atoms with Gasteiger partial charge in [0.05, 0.1) is 35.5 Å². The number of carbonyl (C=O) groups excluding carboxylic acids is 1. The summed E-state index contributed by atoms with van der Waals surface area (Å²) in [5, 5.41) is 2.99. The molecule has 3 aromatic carbocycles. The van der Waals surface area contributed by atoms with Crippen molar-refractivity contribution in [3.63, 3.8) is 0 Å². The number of aromatic nitrogens is 3. The average Bonchev–Trinajstić information content (AvgIpc) is 2.98. The van der Waals surface area contributed by atoms with E-state index in [1.165, 1.54) is 0 Å². The summed E-state index contributed by atoms with van der Waals surface area (Å²) in [6.45, 7) is 4.90. The minimum absolute atomic E-state index is 0.0297. The molecule has 1 N–H and O–H groups in total. The van der Waals surface area contributed by atoms with Gasteiger partial charge < -0.3 is 15.1 Å². The Hall–Kier alpha value is -4.78.